The zero-order valence-electron chi connectivity index (χ0n) is 13.2. The highest BCUT2D eigenvalue weighted by Gasteiger charge is 2.49. The molecule has 0 saturated carbocycles. The van der Waals surface area contributed by atoms with Crippen molar-refractivity contribution in [1.29, 1.82) is 0 Å². The Hall–Kier alpha value is -1.26. The van der Waals surface area contributed by atoms with Gasteiger partial charge in [0.05, 0.1) is 0 Å². The van der Waals surface area contributed by atoms with Crippen molar-refractivity contribution in [2.24, 2.45) is 5.92 Å². The zero-order chi connectivity index (χ0) is 15.3. The number of likely N-dealkylation sites (tertiary alicyclic amines) is 1. The molecular weight excluding hydrogens is 256 g/mol. The van der Waals surface area contributed by atoms with Gasteiger partial charge in [0.2, 0.25) is 0 Å². The Morgan fingerprint density at radius 3 is 2.55 bits per heavy atom. The van der Waals surface area contributed by atoms with Crippen LogP contribution in [0.25, 0.3) is 0 Å². The van der Waals surface area contributed by atoms with Crippen molar-refractivity contribution in [3.8, 4) is 0 Å². The second kappa shape index (κ2) is 6.95. The molecule has 1 aliphatic heterocycles. The van der Waals surface area contributed by atoms with Gasteiger partial charge in [-0.25, -0.2) is 9.59 Å². The maximum absolute atomic E-state index is 12.6. The van der Waals surface area contributed by atoms with E-state index in [4.69, 9.17) is 0 Å². The highest BCUT2D eigenvalue weighted by molar-refractivity contribution is 5.87. The molecule has 2 atom stereocenters. The van der Waals surface area contributed by atoms with E-state index in [0.29, 0.717) is 31.8 Å². The summed E-state index contributed by atoms with van der Waals surface area (Å²) in [4.78, 5) is 27.6. The van der Waals surface area contributed by atoms with Crippen LogP contribution in [0.5, 0.6) is 0 Å². The van der Waals surface area contributed by atoms with E-state index in [1.54, 1.807) is 16.8 Å². The average molecular weight is 284 g/mol. The molecule has 2 amide bonds. The Labute approximate surface area is 121 Å². The molecule has 1 aliphatic rings. The molecule has 1 saturated heterocycles. The number of carbonyl (C=O) groups is 2. The number of rotatable bonds is 6. The van der Waals surface area contributed by atoms with Gasteiger partial charge >= 0.3 is 12.0 Å². The first kappa shape index (κ1) is 16.8. The van der Waals surface area contributed by atoms with Crippen LogP contribution in [0.3, 0.4) is 0 Å². The number of amides is 2. The summed E-state index contributed by atoms with van der Waals surface area (Å²) in [6.45, 7) is 7.39. The van der Waals surface area contributed by atoms with Gasteiger partial charge in [0.15, 0.2) is 0 Å². The minimum Gasteiger partial charge on any atom is -0.479 e. The summed E-state index contributed by atoms with van der Waals surface area (Å²) >= 11 is 0. The van der Waals surface area contributed by atoms with Crippen LogP contribution in [0.4, 0.5) is 4.79 Å². The topological polar surface area (TPSA) is 60.9 Å². The Balaban J connectivity index is 2.86. The lowest BCUT2D eigenvalue weighted by Gasteiger charge is -2.37. The molecule has 1 fully saturated rings. The van der Waals surface area contributed by atoms with E-state index in [1.807, 2.05) is 6.92 Å². The molecular formula is C15H28N2O3. The molecule has 5 nitrogen and oxygen atoms in total. The fraction of sp³-hybridized carbons (Fsp3) is 0.867. The minimum atomic E-state index is -0.991. The van der Waals surface area contributed by atoms with Crippen molar-refractivity contribution >= 4 is 12.0 Å². The molecule has 0 aromatic carbocycles. The molecule has 0 radical (unpaired) electrons. The van der Waals surface area contributed by atoms with E-state index >= 15 is 0 Å². The molecule has 0 aromatic heterocycles. The molecule has 0 aliphatic carbocycles. The van der Waals surface area contributed by atoms with E-state index in [9.17, 15) is 14.7 Å². The van der Waals surface area contributed by atoms with Gasteiger partial charge < -0.3 is 14.9 Å². The van der Waals surface area contributed by atoms with Gasteiger partial charge in [-0.1, -0.05) is 33.6 Å². The summed E-state index contributed by atoms with van der Waals surface area (Å²) in [5.74, 6) is -0.431. The third kappa shape index (κ3) is 3.25. The molecule has 5 heteroatoms. The lowest BCUT2D eigenvalue weighted by atomic mass is 9.91. The standard InChI is InChI=1S/C15H28N2O3/c1-5-8-15(13(18)19)9-7-10-17(15)14(20)16(4)11-12(3)6-2/h12H,5-11H2,1-4H3,(H,18,19). The van der Waals surface area contributed by atoms with Gasteiger partial charge in [-0.2, -0.15) is 0 Å². The lowest BCUT2D eigenvalue weighted by Crippen LogP contribution is -2.56. The van der Waals surface area contributed by atoms with Crippen LogP contribution >= 0.6 is 0 Å². The molecule has 20 heavy (non-hydrogen) atoms. The second-order valence-corrected chi connectivity index (χ2v) is 6.02. The number of carbonyl (C=O) groups excluding carboxylic acids is 1. The van der Waals surface area contributed by atoms with E-state index in [0.717, 1.165) is 19.3 Å². The summed E-state index contributed by atoms with van der Waals surface area (Å²) in [5, 5.41) is 9.61. The predicted octanol–water partition coefficient (Wildman–Crippen LogP) is 2.80. The Kier molecular flexibility index (Phi) is 5.84. The number of hydrogen-bond acceptors (Lipinski definition) is 2. The first-order valence-electron chi connectivity index (χ1n) is 7.65. The van der Waals surface area contributed by atoms with Crippen molar-refractivity contribution in [1.82, 2.24) is 9.80 Å². The van der Waals surface area contributed by atoms with Gasteiger partial charge in [-0.05, 0) is 25.2 Å². The monoisotopic (exact) mass is 284 g/mol. The molecule has 0 aromatic rings. The summed E-state index contributed by atoms with van der Waals surface area (Å²) in [7, 11) is 1.77. The summed E-state index contributed by atoms with van der Waals surface area (Å²) in [6.07, 6.45) is 3.65. The largest absolute Gasteiger partial charge is 0.479 e. The van der Waals surface area contributed by atoms with E-state index in [-0.39, 0.29) is 6.03 Å². The normalized spacial score (nSPS) is 23.7. The van der Waals surface area contributed by atoms with Gasteiger partial charge in [-0.15, -0.1) is 0 Å². The van der Waals surface area contributed by atoms with E-state index < -0.39 is 11.5 Å². The highest BCUT2D eigenvalue weighted by Crippen LogP contribution is 2.34. The smallest absolute Gasteiger partial charge is 0.329 e. The second-order valence-electron chi connectivity index (χ2n) is 6.02. The predicted molar refractivity (Wildman–Crippen MR) is 78.7 cm³/mol. The van der Waals surface area contributed by atoms with Crippen molar-refractivity contribution in [2.45, 2.75) is 58.4 Å². The summed E-state index contributed by atoms with van der Waals surface area (Å²) < 4.78 is 0. The van der Waals surface area contributed by atoms with Crippen LogP contribution in [0.2, 0.25) is 0 Å². The molecule has 116 valence electrons. The molecule has 1 N–H and O–H groups in total. The molecule has 2 unspecified atom stereocenters. The van der Waals surface area contributed by atoms with Gasteiger partial charge in [0.1, 0.15) is 5.54 Å². The van der Waals surface area contributed by atoms with Crippen molar-refractivity contribution < 1.29 is 14.7 Å². The average Bonchev–Trinajstić information content (AvgIpc) is 2.83. The SMILES string of the molecule is CCCC1(C(=O)O)CCCN1C(=O)N(C)CC(C)CC. The van der Waals surface area contributed by atoms with Crippen LogP contribution in [0.1, 0.15) is 52.9 Å². The van der Waals surface area contributed by atoms with Crippen LogP contribution < -0.4 is 0 Å². The Morgan fingerprint density at radius 1 is 1.40 bits per heavy atom. The Morgan fingerprint density at radius 2 is 2.05 bits per heavy atom. The van der Waals surface area contributed by atoms with Crippen LogP contribution in [-0.4, -0.2) is 52.6 Å². The van der Waals surface area contributed by atoms with Crippen LogP contribution in [0.15, 0.2) is 0 Å². The molecule has 1 rings (SSSR count). The first-order valence-corrected chi connectivity index (χ1v) is 7.65. The van der Waals surface area contributed by atoms with Gasteiger partial charge in [-0.3, -0.25) is 0 Å². The number of hydrogen-bond donors (Lipinski definition) is 1. The van der Waals surface area contributed by atoms with E-state index in [2.05, 4.69) is 13.8 Å². The highest BCUT2D eigenvalue weighted by atomic mass is 16.4. The number of urea groups is 1. The third-order valence-electron chi connectivity index (χ3n) is 4.39. The van der Waals surface area contributed by atoms with Crippen LogP contribution in [0, 0.1) is 5.92 Å². The number of carboxylic acid groups (broad SMARTS) is 1. The first-order chi connectivity index (χ1) is 9.39. The third-order valence-corrected chi connectivity index (χ3v) is 4.39. The van der Waals surface area contributed by atoms with Gasteiger partial charge in [0, 0.05) is 20.1 Å². The molecule has 1 heterocycles. The van der Waals surface area contributed by atoms with Crippen molar-refractivity contribution in [2.75, 3.05) is 20.1 Å². The quantitative estimate of drug-likeness (QED) is 0.816. The molecule has 0 bridgehead atoms. The zero-order valence-corrected chi connectivity index (χ0v) is 13.2. The fourth-order valence-corrected chi connectivity index (χ4v) is 3.04. The maximum atomic E-state index is 12.6. The van der Waals surface area contributed by atoms with Crippen molar-refractivity contribution in [3.63, 3.8) is 0 Å². The maximum Gasteiger partial charge on any atom is 0.329 e. The molecule has 0 spiro atoms. The van der Waals surface area contributed by atoms with Crippen molar-refractivity contribution in [3.05, 3.63) is 0 Å². The number of nitrogens with zero attached hydrogens (tertiary/aromatic N) is 2. The Bertz CT molecular complexity index is 359. The van der Waals surface area contributed by atoms with Gasteiger partial charge in [0.25, 0.3) is 0 Å². The summed E-state index contributed by atoms with van der Waals surface area (Å²) in [5.41, 5.74) is -0.991. The number of aliphatic carboxylic acids is 1. The minimum absolute atomic E-state index is 0.140. The summed E-state index contributed by atoms with van der Waals surface area (Å²) in [6, 6.07) is -0.140. The van der Waals surface area contributed by atoms with Crippen LogP contribution in [-0.2, 0) is 4.79 Å². The fourth-order valence-electron chi connectivity index (χ4n) is 3.04. The lowest BCUT2D eigenvalue weighted by molar-refractivity contribution is -0.148. The number of carboxylic acids is 1. The van der Waals surface area contributed by atoms with E-state index in [1.165, 1.54) is 0 Å².